The fourth-order valence-electron chi connectivity index (χ4n) is 3.62. The van der Waals surface area contributed by atoms with E-state index in [4.69, 9.17) is 10.4 Å². The first kappa shape index (κ1) is 18.2. The number of aromatic hydroxyl groups is 1. The molecule has 6 nitrogen and oxygen atoms in total. The van der Waals surface area contributed by atoms with E-state index in [1.807, 2.05) is 30.2 Å². The zero-order chi connectivity index (χ0) is 17.7. The molecule has 1 fully saturated rings. The molecule has 1 aromatic rings. The van der Waals surface area contributed by atoms with Crippen LogP contribution in [0.2, 0.25) is 0 Å². The van der Waals surface area contributed by atoms with Crippen molar-refractivity contribution in [3.63, 3.8) is 0 Å². The topological polar surface area (TPSA) is 81.5 Å². The van der Waals surface area contributed by atoms with Crippen molar-refractivity contribution in [2.75, 3.05) is 11.6 Å². The summed E-state index contributed by atoms with van der Waals surface area (Å²) in [5.41, 5.74) is 9.97. The third kappa shape index (κ3) is 3.66. The lowest BCUT2D eigenvalue weighted by molar-refractivity contribution is 0.0770. The molecule has 0 aromatic heterocycles. The number of hydrogen-bond donors (Lipinski definition) is 1. The number of phenols is 1. The van der Waals surface area contributed by atoms with Gasteiger partial charge in [-0.2, -0.15) is 0 Å². The number of benzene rings is 1. The lowest BCUT2D eigenvalue weighted by Gasteiger charge is -2.39. The Balaban J connectivity index is 2.47. The molecule has 1 aliphatic heterocycles. The smallest absolute Gasteiger partial charge is 0.120 e. The molecule has 0 spiro atoms. The highest BCUT2D eigenvalue weighted by molar-refractivity contribution is 5.59. The fraction of sp³-hybridized carbons (Fsp3) is 0.556. The third-order valence-corrected chi connectivity index (χ3v) is 4.45. The number of azide groups is 1. The van der Waals surface area contributed by atoms with Crippen molar-refractivity contribution in [1.29, 1.82) is 0 Å². The summed E-state index contributed by atoms with van der Waals surface area (Å²) in [5, 5.41) is 15.7. The maximum absolute atomic E-state index is 10.1. The minimum Gasteiger partial charge on any atom is -0.508 e. The zero-order valence-electron chi connectivity index (χ0n) is 14.6. The molecule has 1 N–H and O–H groups in total. The van der Waals surface area contributed by atoms with Gasteiger partial charge >= 0.3 is 0 Å². The minimum atomic E-state index is -0.260. The van der Waals surface area contributed by atoms with Gasteiger partial charge in [-0.15, -0.1) is 6.58 Å². The quantitative estimate of drug-likeness (QED) is 0.335. The van der Waals surface area contributed by atoms with Crippen molar-refractivity contribution in [2.24, 2.45) is 11.0 Å². The van der Waals surface area contributed by atoms with E-state index in [1.54, 1.807) is 6.07 Å². The maximum atomic E-state index is 10.1. The van der Waals surface area contributed by atoms with Gasteiger partial charge in [0.2, 0.25) is 0 Å². The van der Waals surface area contributed by atoms with Crippen LogP contribution < -0.4 is 5.06 Å². The maximum Gasteiger partial charge on any atom is 0.120 e. The Morgan fingerprint density at radius 1 is 1.58 bits per heavy atom. The number of phenolic OH excluding ortho intramolecular Hbond substituents is 1. The average molecular weight is 330 g/mol. The SMILES string of the molecule is C=CCC1(CC(C)C)CC(CN=[N+]=[N-])ON1c1cccc(O)c1C. The van der Waals surface area contributed by atoms with Gasteiger partial charge in [-0.05, 0) is 43.3 Å². The Bertz CT molecular complexity index is 640. The van der Waals surface area contributed by atoms with Gasteiger partial charge in [-0.1, -0.05) is 31.1 Å². The first-order valence-corrected chi connectivity index (χ1v) is 8.31. The zero-order valence-corrected chi connectivity index (χ0v) is 14.6. The molecule has 0 radical (unpaired) electrons. The minimum absolute atomic E-state index is 0.179. The standard InChI is InChI=1S/C18H26N4O2/c1-5-9-18(10-13(2)3)11-15(12-20-21-19)24-22(18)16-7-6-8-17(23)14(16)4/h5-8,13,15,23H,1,9-12H2,2-4H3. The number of nitrogens with zero attached hydrogens (tertiary/aromatic N) is 4. The van der Waals surface area contributed by atoms with Crippen LogP contribution in [0.4, 0.5) is 5.69 Å². The molecule has 0 aliphatic carbocycles. The number of anilines is 1. The second kappa shape index (κ2) is 7.60. The Labute approximate surface area is 143 Å². The molecule has 0 saturated carbocycles. The number of hydroxylamine groups is 1. The van der Waals surface area contributed by atoms with Crippen LogP contribution in [0.25, 0.3) is 10.4 Å². The molecule has 0 amide bonds. The van der Waals surface area contributed by atoms with Crippen molar-refractivity contribution in [2.45, 2.75) is 51.7 Å². The second-order valence-corrected chi connectivity index (χ2v) is 6.88. The Hall–Kier alpha value is -2.17. The second-order valence-electron chi connectivity index (χ2n) is 6.88. The van der Waals surface area contributed by atoms with E-state index >= 15 is 0 Å². The van der Waals surface area contributed by atoms with Gasteiger partial charge in [0.15, 0.2) is 0 Å². The summed E-state index contributed by atoms with van der Waals surface area (Å²) in [6, 6.07) is 5.43. The normalized spacial score (nSPS) is 23.3. The summed E-state index contributed by atoms with van der Waals surface area (Å²) < 4.78 is 0. The highest BCUT2D eigenvalue weighted by atomic mass is 16.7. The Morgan fingerprint density at radius 2 is 2.33 bits per heavy atom. The lowest BCUT2D eigenvalue weighted by atomic mass is 9.81. The molecule has 2 rings (SSSR count). The van der Waals surface area contributed by atoms with Crippen molar-refractivity contribution in [1.82, 2.24) is 0 Å². The predicted molar refractivity (Wildman–Crippen MR) is 95.8 cm³/mol. The van der Waals surface area contributed by atoms with Gasteiger partial charge in [0.25, 0.3) is 0 Å². The van der Waals surface area contributed by atoms with Crippen molar-refractivity contribution in [3.8, 4) is 5.75 Å². The van der Waals surface area contributed by atoms with Crippen molar-refractivity contribution < 1.29 is 9.94 Å². The largest absolute Gasteiger partial charge is 0.508 e. The third-order valence-electron chi connectivity index (χ3n) is 4.45. The number of hydrogen-bond acceptors (Lipinski definition) is 4. The van der Waals surface area contributed by atoms with Crippen LogP contribution in [0.15, 0.2) is 36.0 Å². The number of rotatable bonds is 7. The molecule has 2 atom stereocenters. The monoisotopic (exact) mass is 330 g/mol. The summed E-state index contributed by atoms with van der Waals surface area (Å²) in [4.78, 5) is 9.01. The summed E-state index contributed by atoms with van der Waals surface area (Å²) in [5.74, 6) is 0.707. The summed E-state index contributed by atoms with van der Waals surface area (Å²) in [6.07, 6.45) is 4.16. The predicted octanol–water partition coefficient (Wildman–Crippen LogP) is 4.88. The van der Waals surface area contributed by atoms with Crippen LogP contribution in [0.3, 0.4) is 0 Å². The Kier molecular flexibility index (Phi) is 5.75. The van der Waals surface area contributed by atoms with Crippen LogP contribution in [0.5, 0.6) is 5.75 Å². The van der Waals surface area contributed by atoms with Gasteiger partial charge in [0.05, 0.1) is 23.9 Å². The van der Waals surface area contributed by atoms with Crippen molar-refractivity contribution in [3.05, 3.63) is 46.9 Å². The molecular formula is C18H26N4O2. The van der Waals surface area contributed by atoms with Gasteiger partial charge in [0, 0.05) is 16.9 Å². The Morgan fingerprint density at radius 3 is 2.96 bits per heavy atom. The first-order valence-electron chi connectivity index (χ1n) is 8.31. The van der Waals surface area contributed by atoms with Crippen LogP contribution >= 0.6 is 0 Å². The van der Waals surface area contributed by atoms with Crippen molar-refractivity contribution >= 4 is 5.69 Å². The van der Waals surface area contributed by atoms with E-state index in [1.165, 1.54) is 0 Å². The molecule has 1 aliphatic rings. The fourth-order valence-corrected chi connectivity index (χ4v) is 3.62. The van der Waals surface area contributed by atoms with Gasteiger partial charge in [-0.3, -0.25) is 4.84 Å². The van der Waals surface area contributed by atoms with E-state index in [-0.39, 0.29) is 17.4 Å². The van der Waals surface area contributed by atoms with E-state index in [2.05, 4.69) is 30.5 Å². The molecule has 6 heteroatoms. The lowest BCUT2D eigenvalue weighted by Crippen LogP contribution is -2.44. The summed E-state index contributed by atoms with van der Waals surface area (Å²) >= 11 is 0. The average Bonchev–Trinajstić information content (AvgIpc) is 2.85. The summed E-state index contributed by atoms with van der Waals surface area (Å²) in [6.45, 7) is 10.4. The highest BCUT2D eigenvalue weighted by Gasteiger charge is 2.47. The molecule has 1 saturated heterocycles. The van der Waals surface area contributed by atoms with Gasteiger partial charge in [-0.25, -0.2) is 5.06 Å². The highest BCUT2D eigenvalue weighted by Crippen LogP contribution is 2.45. The molecule has 1 heterocycles. The van der Waals surface area contributed by atoms with E-state index < -0.39 is 0 Å². The summed E-state index contributed by atoms with van der Waals surface area (Å²) in [7, 11) is 0. The molecule has 24 heavy (non-hydrogen) atoms. The van der Waals surface area contributed by atoms with E-state index in [9.17, 15) is 5.11 Å². The van der Waals surface area contributed by atoms with Gasteiger partial charge < -0.3 is 5.11 Å². The molecule has 1 aromatic carbocycles. The molecular weight excluding hydrogens is 304 g/mol. The first-order chi connectivity index (χ1) is 11.4. The molecule has 2 unspecified atom stereocenters. The van der Waals surface area contributed by atoms with E-state index in [0.717, 1.165) is 30.5 Å². The van der Waals surface area contributed by atoms with Crippen LogP contribution in [-0.4, -0.2) is 23.3 Å². The van der Waals surface area contributed by atoms with E-state index in [0.29, 0.717) is 12.5 Å². The van der Waals surface area contributed by atoms with Gasteiger partial charge in [0.1, 0.15) is 5.75 Å². The molecule has 0 bridgehead atoms. The van der Waals surface area contributed by atoms with Crippen LogP contribution in [-0.2, 0) is 4.84 Å². The van der Waals surface area contributed by atoms with Crippen LogP contribution in [0.1, 0.15) is 38.7 Å². The molecule has 130 valence electrons. The van der Waals surface area contributed by atoms with Crippen LogP contribution in [0, 0.1) is 12.8 Å².